The van der Waals surface area contributed by atoms with Crippen LogP contribution in [0.5, 0.6) is 5.75 Å². The smallest absolute Gasteiger partial charge is 0.138 e. The van der Waals surface area contributed by atoms with E-state index in [1.54, 1.807) is 0 Å². The predicted octanol–water partition coefficient (Wildman–Crippen LogP) is 4.78. The summed E-state index contributed by atoms with van der Waals surface area (Å²) < 4.78 is 17.9. The molecule has 1 aromatic rings. The first-order chi connectivity index (χ1) is 9.77. The van der Waals surface area contributed by atoms with Crippen molar-refractivity contribution in [2.24, 2.45) is 5.92 Å². The van der Waals surface area contributed by atoms with Gasteiger partial charge in [-0.1, -0.05) is 24.6 Å². The van der Waals surface area contributed by atoms with Crippen molar-refractivity contribution in [3.63, 3.8) is 0 Å². The van der Waals surface area contributed by atoms with Gasteiger partial charge in [-0.05, 0) is 63.1 Å². The first-order valence-electron chi connectivity index (χ1n) is 7.58. The van der Waals surface area contributed by atoms with Gasteiger partial charge in [-0.3, -0.25) is 4.21 Å². The Kier molecular flexibility index (Phi) is 5.37. The van der Waals surface area contributed by atoms with E-state index in [0.717, 1.165) is 17.9 Å². The standard InChI is InChI=1S/C17H25ClO2S/c1-12(11-21(19)17(2,3)4)14-7-8-15(18)16(9-14)20-10-13-5-6-13/h7-9,12-13H,5-6,10-11H2,1-4H3/t12-,21-/m1/s1. The third kappa shape index (κ3) is 5.00. The maximum atomic E-state index is 12.3. The number of benzene rings is 1. The minimum Gasteiger partial charge on any atom is -0.492 e. The SMILES string of the molecule is C[C@H](C[S@@](=O)C(C)(C)C)c1ccc(Cl)c(OCC2CC2)c1. The molecule has 2 nitrogen and oxygen atoms in total. The number of hydrogen-bond donors (Lipinski definition) is 0. The molecule has 0 aliphatic heterocycles. The van der Waals surface area contributed by atoms with E-state index >= 15 is 0 Å². The van der Waals surface area contributed by atoms with Crippen LogP contribution in [0.3, 0.4) is 0 Å². The van der Waals surface area contributed by atoms with Gasteiger partial charge in [0.05, 0.1) is 11.6 Å². The lowest BCUT2D eigenvalue weighted by molar-refractivity contribution is 0.299. The quantitative estimate of drug-likeness (QED) is 0.751. The molecule has 0 heterocycles. The van der Waals surface area contributed by atoms with Gasteiger partial charge in [0.25, 0.3) is 0 Å². The van der Waals surface area contributed by atoms with E-state index in [9.17, 15) is 4.21 Å². The van der Waals surface area contributed by atoms with E-state index in [1.807, 2.05) is 39.0 Å². The fourth-order valence-corrected chi connectivity index (χ4v) is 3.32. The molecule has 1 aliphatic rings. The van der Waals surface area contributed by atoms with Crippen molar-refractivity contribution in [1.82, 2.24) is 0 Å². The van der Waals surface area contributed by atoms with Crippen molar-refractivity contribution in [2.75, 3.05) is 12.4 Å². The summed E-state index contributed by atoms with van der Waals surface area (Å²) >= 11 is 6.20. The molecule has 118 valence electrons. The summed E-state index contributed by atoms with van der Waals surface area (Å²) in [5.74, 6) is 2.35. The Bertz CT molecular complexity index is 518. The Morgan fingerprint density at radius 2 is 2.05 bits per heavy atom. The molecule has 1 aromatic carbocycles. The zero-order chi connectivity index (χ0) is 15.6. The van der Waals surface area contributed by atoms with E-state index in [2.05, 4.69) is 6.92 Å². The Balaban J connectivity index is 2.04. The molecule has 0 radical (unpaired) electrons. The Hall–Kier alpha value is -0.540. The van der Waals surface area contributed by atoms with Gasteiger partial charge in [-0.25, -0.2) is 0 Å². The van der Waals surface area contributed by atoms with Crippen LogP contribution in [0.2, 0.25) is 5.02 Å². The molecule has 2 atom stereocenters. The first kappa shape index (κ1) is 16.8. The van der Waals surface area contributed by atoms with Gasteiger partial charge in [-0.2, -0.15) is 0 Å². The van der Waals surface area contributed by atoms with Crippen molar-refractivity contribution in [3.8, 4) is 5.75 Å². The topological polar surface area (TPSA) is 26.3 Å². The van der Waals surface area contributed by atoms with Crippen LogP contribution >= 0.6 is 11.6 Å². The summed E-state index contributed by atoms with van der Waals surface area (Å²) in [5.41, 5.74) is 1.14. The van der Waals surface area contributed by atoms with Crippen LogP contribution in [0.15, 0.2) is 18.2 Å². The average Bonchev–Trinajstić information content (AvgIpc) is 3.20. The van der Waals surface area contributed by atoms with Crippen LogP contribution in [0.4, 0.5) is 0 Å². The number of ether oxygens (including phenoxy) is 1. The average molecular weight is 329 g/mol. The lowest BCUT2D eigenvalue weighted by Crippen LogP contribution is -2.26. The predicted molar refractivity (Wildman–Crippen MR) is 90.8 cm³/mol. The van der Waals surface area contributed by atoms with Gasteiger partial charge >= 0.3 is 0 Å². The number of hydrogen-bond acceptors (Lipinski definition) is 2. The van der Waals surface area contributed by atoms with Crippen molar-refractivity contribution < 1.29 is 8.95 Å². The second kappa shape index (κ2) is 6.70. The van der Waals surface area contributed by atoms with Crippen LogP contribution < -0.4 is 4.74 Å². The molecule has 2 rings (SSSR count). The van der Waals surface area contributed by atoms with Gasteiger partial charge in [0.15, 0.2) is 0 Å². The molecule has 0 amide bonds. The second-order valence-corrected chi connectivity index (χ2v) is 9.63. The fourth-order valence-electron chi connectivity index (χ4n) is 2.00. The summed E-state index contributed by atoms with van der Waals surface area (Å²) in [7, 11) is -0.855. The van der Waals surface area contributed by atoms with Crippen molar-refractivity contribution >= 4 is 22.4 Å². The molecule has 1 fully saturated rings. The highest BCUT2D eigenvalue weighted by molar-refractivity contribution is 7.86. The molecule has 1 aliphatic carbocycles. The molecule has 0 bridgehead atoms. The summed E-state index contributed by atoms with van der Waals surface area (Å²) in [5, 5.41) is 0.656. The van der Waals surface area contributed by atoms with E-state index in [-0.39, 0.29) is 10.7 Å². The van der Waals surface area contributed by atoms with Crippen molar-refractivity contribution in [2.45, 2.75) is 51.2 Å². The molecule has 0 spiro atoms. The van der Waals surface area contributed by atoms with Crippen LogP contribution in [0, 0.1) is 5.92 Å². The van der Waals surface area contributed by atoms with Gasteiger partial charge < -0.3 is 4.74 Å². The minimum absolute atomic E-state index is 0.175. The third-order valence-corrected chi connectivity index (χ3v) is 6.26. The Morgan fingerprint density at radius 3 is 2.62 bits per heavy atom. The molecule has 0 unspecified atom stereocenters. The summed E-state index contributed by atoms with van der Waals surface area (Å²) in [6.07, 6.45) is 2.52. The van der Waals surface area contributed by atoms with Crippen LogP contribution in [0.25, 0.3) is 0 Å². The molecule has 0 saturated heterocycles. The maximum Gasteiger partial charge on any atom is 0.138 e. The van der Waals surface area contributed by atoms with Crippen molar-refractivity contribution in [3.05, 3.63) is 28.8 Å². The molecule has 1 saturated carbocycles. The van der Waals surface area contributed by atoms with Crippen LogP contribution in [0.1, 0.15) is 52.0 Å². The van der Waals surface area contributed by atoms with Crippen LogP contribution in [-0.2, 0) is 10.8 Å². The lowest BCUT2D eigenvalue weighted by atomic mass is 10.0. The highest BCUT2D eigenvalue weighted by Gasteiger charge is 2.24. The van der Waals surface area contributed by atoms with E-state index in [1.165, 1.54) is 12.8 Å². The zero-order valence-electron chi connectivity index (χ0n) is 13.3. The van der Waals surface area contributed by atoms with E-state index in [0.29, 0.717) is 16.7 Å². The third-order valence-electron chi connectivity index (χ3n) is 3.78. The maximum absolute atomic E-state index is 12.3. The second-order valence-electron chi connectivity index (χ2n) is 6.97. The zero-order valence-corrected chi connectivity index (χ0v) is 14.9. The minimum atomic E-state index is -0.855. The highest BCUT2D eigenvalue weighted by atomic mass is 35.5. The van der Waals surface area contributed by atoms with Gasteiger partial charge in [0.2, 0.25) is 0 Å². The van der Waals surface area contributed by atoms with Crippen LogP contribution in [-0.4, -0.2) is 21.3 Å². The Morgan fingerprint density at radius 1 is 1.38 bits per heavy atom. The van der Waals surface area contributed by atoms with E-state index in [4.69, 9.17) is 16.3 Å². The molecule has 0 N–H and O–H groups in total. The molecular weight excluding hydrogens is 304 g/mol. The van der Waals surface area contributed by atoms with Gasteiger partial charge in [-0.15, -0.1) is 0 Å². The summed E-state index contributed by atoms with van der Waals surface area (Å²) in [6.45, 7) is 8.91. The van der Waals surface area contributed by atoms with Gasteiger partial charge in [0.1, 0.15) is 5.75 Å². The monoisotopic (exact) mass is 328 g/mol. The molecule has 0 aromatic heterocycles. The number of rotatable bonds is 6. The highest BCUT2D eigenvalue weighted by Crippen LogP contribution is 2.33. The summed E-state index contributed by atoms with van der Waals surface area (Å²) in [6, 6.07) is 5.90. The lowest BCUT2D eigenvalue weighted by Gasteiger charge is -2.21. The molecule has 4 heteroatoms. The Labute approximate surface area is 135 Å². The fraction of sp³-hybridized carbons (Fsp3) is 0.647. The van der Waals surface area contributed by atoms with Gasteiger partial charge in [0, 0.05) is 21.3 Å². The first-order valence-corrected chi connectivity index (χ1v) is 9.28. The normalized spacial score (nSPS) is 18.3. The largest absolute Gasteiger partial charge is 0.492 e. The molecule has 21 heavy (non-hydrogen) atoms. The number of halogens is 1. The van der Waals surface area contributed by atoms with E-state index < -0.39 is 10.8 Å². The van der Waals surface area contributed by atoms with Crippen molar-refractivity contribution in [1.29, 1.82) is 0 Å². The summed E-state index contributed by atoms with van der Waals surface area (Å²) in [4.78, 5) is 0. The molecular formula is C17H25ClO2S.